The number of guanidine groups is 1. The summed E-state index contributed by atoms with van der Waals surface area (Å²) in [4.78, 5) is 18.0. The summed E-state index contributed by atoms with van der Waals surface area (Å²) in [6.45, 7) is 4.75. The molecule has 0 bridgehead atoms. The molecule has 0 aliphatic carbocycles. The van der Waals surface area contributed by atoms with Crippen LogP contribution in [0.5, 0.6) is 0 Å². The quantitative estimate of drug-likeness (QED) is 0.612. The highest BCUT2D eigenvalue weighted by Crippen LogP contribution is 2.11. The van der Waals surface area contributed by atoms with Crippen LogP contribution in [0.4, 0.5) is 0 Å². The predicted octanol–water partition coefficient (Wildman–Crippen LogP) is 1.51. The maximum atomic E-state index is 11.8. The second kappa shape index (κ2) is 9.27. The van der Waals surface area contributed by atoms with E-state index in [0.29, 0.717) is 19.6 Å². The fourth-order valence-corrected chi connectivity index (χ4v) is 2.92. The van der Waals surface area contributed by atoms with Gasteiger partial charge in [-0.1, -0.05) is 31.2 Å². The van der Waals surface area contributed by atoms with Gasteiger partial charge in [0.05, 0.1) is 6.61 Å². The minimum absolute atomic E-state index is 0.218. The van der Waals surface area contributed by atoms with Gasteiger partial charge in [0.2, 0.25) is 5.91 Å². The average molecular weight is 332 g/mol. The van der Waals surface area contributed by atoms with Crippen molar-refractivity contribution >= 4 is 11.9 Å². The van der Waals surface area contributed by atoms with E-state index in [2.05, 4.69) is 27.8 Å². The number of methoxy groups -OCH3 is 1. The van der Waals surface area contributed by atoms with E-state index in [9.17, 15) is 4.79 Å². The molecule has 2 rings (SSSR count). The van der Waals surface area contributed by atoms with Crippen molar-refractivity contribution in [3.05, 3.63) is 35.4 Å². The fourth-order valence-electron chi connectivity index (χ4n) is 2.92. The molecule has 0 radical (unpaired) electrons. The van der Waals surface area contributed by atoms with Gasteiger partial charge in [0.15, 0.2) is 5.96 Å². The highest BCUT2D eigenvalue weighted by Gasteiger charge is 2.25. The lowest BCUT2D eigenvalue weighted by Gasteiger charge is -2.19. The third-order valence-electron chi connectivity index (χ3n) is 4.27. The van der Waals surface area contributed by atoms with Crippen molar-refractivity contribution in [1.82, 2.24) is 15.5 Å². The minimum atomic E-state index is 0.218. The molecule has 0 spiro atoms. The monoisotopic (exact) mass is 332 g/mol. The summed E-state index contributed by atoms with van der Waals surface area (Å²) in [5, 5.41) is 6.76. The number of ether oxygens (including phenoxy) is 1. The van der Waals surface area contributed by atoms with Crippen LogP contribution in [-0.2, 0) is 22.7 Å². The number of benzene rings is 1. The minimum Gasteiger partial charge on any atom is -0.380 e. The molecule has 0 aromatic heterocycles. The van der Waals surface area contributed by atoms with Crippen LogP contribution in [-0.4, -0.2) is 50.1 Å². The number of amides is 1. The maximum absolute atomic E-state index is 11.8. The lowest BCUT2D eigenvalue weighted by Crippen LogP contribution is -2.44. The molecule has 132 valence electrons. The second-order valence-electron chi connectivity index (χ2n) is 5.95. The molecule has 2 N–H and O–H groups in total. The lowest BCUT2D eigenvalue weighted by molar-refractivity contribution is -0.129. The zero-order valence-corrected chi connectivity index (χ0v) is 14.8. The van der Waals surface area contributed by atoms with E-state index >= 15 is 0 Å². The van der Waals surface area contributed by atoms with Gasteiger partial charge >= 0.3 is 0 Å². The zero-order chi connectivity index (χ0) is 17.4. The van der Waals surface area contributed by atoms with Crippen LogP contribution in [0.15, 0.2) is 29.3 Å². The number of carbonyl (C=O) groups is 1. The van der Waals surface area contributed by atoms with Crippen LogP contribution < -0.4 is 10.6 Å². The molecule has 1 fully saturated rings. The van der Waals surface area contributed by atoms with Crippen molar-refractivity contribution < 1.29 is 9.53 Å². The highest BCUT2D eigenvalue weighted by molar-refractivity contribution is 5.80. The molecular weight excluding hydrogens is 304 g/mol. The first kappa shape index (κ1) is 18.3. The smallest absolute Gasteiger partial charge is 0.222 e. The standard InChI is InChI=1S/C18H28N4O2/c1-4-17(23)22-10-9-16(12-22)21-18(19-2)20-11-14-7-5-6-8-15(14)13-24-3/h5-8,16H,4,9-13H2,1-3H3,(H2,19,20,21). The van der Waals surface area contributed by atoms with Gasteiger partial charge in [-0.3, -0.25) is 9.79 Å². The topological polar surface area (TPSA) is 66.0 Å². The molecule has 1 aliphatic rings. The second-order valence-corrected chi connectivity index (χ2v) is 5.95. The first-order chi connectivity index (χ1) is 11.7. The van der Waals surface area contributed by atoms with Crippen molar-refractivity contribution in [2.24, 2.45) is 4.99 Å². The van der Waals surface area contributed by atoms with Crippen LogP contribution in [0.2, 0.25) is 0 Å². The molecule has 6 heteroatoms. The largest absolute Gasteiger partial charge is 0.380 e. The van der Waals surface area contributed by atoms with Crippen molar-refractivity contribution in [3.8, 4) is 0 Å². The fraction of sp³-hybridized carbons (Fsp3) is 0.556. The van der Waals surface area contributed by atoms with Crippen LogP contribution in [0.1, 0.15) is 30.9 Å². The van der Waals surface area contributed by atoms with Crippen LogP contribution in [0.25, 0.3) is 0 Å². The van der Waals surface area contributed by atoms with Crippen molar-refractivity contribution in [1.29, 1.82) is 0 Å². The Morgan fingerprint density at radius 1 is 1.38 bits per heavy atom. The van der Waals surface area contributed by atoms with Gasteiger partial charge in [-0.05, 0) is 17.5 Å². The van der Waals surface area contributed by atoms with E-state index in [-0.39, 0.29) is 11.9 Å². The van der Waals surface area contributed by atoms with Gasteiger partial charge in [-0.25, -0.2) is 0 Å². The van der Waals surface area contributed by atoms with E-state index in [1.54, 1.807) is 14.2 Å². The first-order valence-corrected chi connectivity index (χ1v) is 8.48. The number of hydrogen-bond acceptors (Lipinski definition) is 3. The summed E-state index contributed by atoms with van der Waals surface area (Å²) < 4.78 is 5.24. The summed E-state index contributed by atoms with van der Waals surface area (Å²) in [7, 11) is 3.47. The molecule has 1 aromatic carbocycles. The van der Waals surface area contributed by atoms with E-state index < -0.39 is 0 Å². The number of carbonyl (C=O) groups excluding carboxylic acids is 1. The third-order valence-corrected chi connectivity index (χ3v) is 4.27. The molecule has 0 saturated carbocycles. The Labute approximate surface area is 144 Å². The lowest BCUT2D eigenvalue weighted by atomic mass is 10.1. The van der Waals surface area contributed by atoms with Gasteiger partial charge in [-0.15, -0.1) is 0 Å². The van der Waals surface area contributed by atoms with Crippen molar-refractivity contribution in [2.45, 2.75) is 39.0 Å². The molecule has 1 heterocycles. The third kappa shape index (κ3) is 4.96. The highest BCUT2D eigenvalue weighted by atomic mass is 16.5. The number of hydrogen-bond donors (Lipinski definition) is 2. The molecule has 1 unspecified atom stereocenters. The summed E-state index contributed by atoms with van der Waals surface area (Å²) >= 11 is 0. The van der Waals surface area contributed by atoms with Gasteiger partial charge in [-0.2, -0.15) is 0 Å². The Kier molecular flexibility index (Phi) is 7.06. The van der Waals surface area contributed by atoms with Gasteiger partial charge < -0.3 is 20.3 Å². The van der Waals surface area contributed by atoms with Gasteiger partial charge in [0.25, 0.3) is 0 Å². The van der Waals surface area contributed by atoms with Crippen molar-refractivity contribution in [2.75, 3.05) is 27.2 Å². The number of rotatable bonds is 6. The SMILES string of the molecule is CCC(=O)N1CCC(NC(=NC)NCc2ccccc2COC)C1. The maximum Gasteiger partial charge on any atom is 0.222 e. The molecule has 24 heavy (non-hydrogen) atoms. The molecule has 1 atom stereocenters. The molecule has 1 saturated heterocycles. The Morgan fingerprint density at radius 2 is 2.12 bits per heavy atom. The average Bonchev–Trinajstić information content (AvgIpc) is 3.07. The Hall–Kier alpha value is -2.08. The molecule has 1 aromatic rings. The number of nitrogens with zero attached hydrogens (tertiary/aromatic N) is 2. The summed E-state index contributed by atoms with van der Waals surface area (Å²) in [6.07, 6.45) is 1.52. The van der Waals surface area contributed by atoms with Crippen LogP contribution in [0, 0.1) is 0 Å². The van der Waals surface area contributed by atoms with Crippen LogP contribution in [0.3, 0.4) is 0 Å². The Balaban J connectivity index is 1.87. The number of aliphatic imine (C=N–C) groups is 1. The number of likely N-dealkylation sites (tertiary alicyclic amines) is 1. The van der Waals surface area contributed by atoms with E-state index in [1.807, 2.05) is 24.0 Å². The molecule has 6 nitrogen and oxygen atoms in total. The van der Waals surface area contributed by atoms with E-state index in [4.69, 9.17) is 4.74 Å². The molecule has 1 aliphatic heterocycles. The van der Waals surface area contributed by atoms with Crippen LogP contribution >= 0.6 is 0 Å². The Morgan fingerprint density at radius 3 is 2.79 bits per heavy atom. The molecule has 1 amide bonds. The van der Waals surface area contributed by atoms with Crippen molar-refractivity contribution in [3.63, 3.8) is 0 Å². The first-order valence-electron chi connectivity index (χ1n) is 8.48. The molecular formula is C18H28N4O2. The summed E-state index contributed by atoms with van der Waals surface area (Å²) in [6, 6.07) is 8.45. The number of nitrogens with one attached hydrogen (secondary N) is 2. The summed E-state index contributed by atoms with van der Waals surface area (Å²) in [5.41, 5.74) is 2.36. The summed E-state index contributed by atoms with van der Waals surface area (Å²) in [5.74, 6) is 0.980. The normalized spacial score (nSPS) is 17.9. The Bertz CT molecular complexity index is 574. The van der Waals surface area contributed by atoms with Gasteiger partial charge in [0.1, 0.15) is 0 Å². The van der Waals surface area contributed by atoms with E-state index in [0.717, 1.165) is 25.5 Å². The predicted molar refractivity (Wildman–Crippen MR) is 95.8 cm³/mol. The van der Waals surface area contributed by atoms with E-state index in [1.165, 1.54) is 11.1 Å². The van der Waals surface area contributed by atoms with Gasteiger partial charge in [0, 0.05) is 46.3 Å². The zero-order valence-electron chi connectivity index (χ0n) is 14.8.